The van der Waals surface area contributed by atoms with Gasteiger partial charge in [0.25, 0.3) is 5.69 Å². The van der Waals surface area contributed by atoms with Crippen molar-refractivity contribution in [3.63, 3.8) is 0 Å². The second-order valence-electron chi connectivity index (χ2n) is 5.46. The fourth-order valence-corrected chi connectivity index (χ4v) is 2.27. The van der Waals surface area contributed by atoms with Crippen molar-refractivity contribution in [1.82, 2.24) is 4.90 Å². The predicted molar refractivity (Wildman–Crippen MR) is 89.9 cm³/mol. The van der Waals surface area contributed by atoms with Crippen molar-refractivity contribution < 1.29 is 9.31 Å². The molecule has 0 amide bonds. The molecule has 0 bridgehead atoms. The topological polar surface area (TPSA) is 84.4 Å². The van der Waals surface area contributed by atoms with E-state index in [2.05, 4.69) is 5.32 Å². The van der Waals surface area contributed by atoms with Crippen LogP contribution in [0.5, 0.6) is 0 Å². The Balaban J connectivity index is 2.39. The van der Waals surface area contributed by atoms with Gasteiger partial charge in [0.05, 0.1) is 10.5 Å². The van der Waals surface area contributed by atoms with E-state index in [1.54, 1.807) is 18.2 Å². The molecule has 7 heteroatoms. The van der Waals surface area contributed by atoms with Gasteiger partial charge >= 0.3 is 0 Å². The first kappa shape index (κ1) is 16.7. The lowest BCUT2D eigenvalue weighted by Crippen LogP contribution is -2.20. The number of likely N-dealkylation sites (N-methyl/N-ethyl adjacent to an activating group) is 1. The molecule has 0 aliphatic carbocycles. The number of para-hydroxylation sites is 1. The van der Waals surface area contributed by atoms with Crippen LogP contribution in [0.4, 0.5) is 21.5 Å². The first-order chi connectivity index (χ1) is 10.9. The number of hydrogen-bond acceptors (Lipinski definition) is 5. The third kappa shape index (κ3) is 4.17. The van der Waals surface area contributed by atoms with E-state index < -0.39 is 10.7 Å². The molecule has 0 radical (unpaired) electrons. The largest absolute Gasteiger partial charge is 0.393 e. The van der Waals surface area contributed by atoms with Gasteiger partial charge < -0.3 is 16.0 Å². The Morgan fingerprint density at radius 2 is 2.04 bits per heavy atom. The monoisotopic (exact) mass is 318 g/mol. The first-order valence-electron chi connectivity index (χ1n) is 7.11. The maximum Gasteiger partial charge on any atom is 0.299 e. The molecule has 2 rings (SSSR count). The minimum Gasteiger partial charge on any atom is -0.393 e. The zero-order valence-corrected chi connectivity index (χ0v) is 13.0. The minimum absolute atomic E-state index is 0.0545. The van der Waals surface area contributed by atoms with Crippen molar-refractivity contribution in [2.75, 3.05) is 38.2 Å². The molecule has 0 aliphatic rings. The lowest BCUT2D eigenvalue weighted by Gasteiger charge is -2.13. The Labute approximate surface area is 133 Å². The van der Waals surface area contributed by atoms with Crippen LogP contribution in [0.3, 0.4) is 0 Å². The molecule has 0 heterocycles. The van der Waals surface area contributed by atoms with Crippen LogP contribution < -0.4 is 11.1 Å². The lowest BCUT2D eigenvalue weighted by molar-refractivity contribution is -0.383. The SMILES string of the molecule is CN(C)CCNc1cc(F)cc(-c2cccc(N)c2[N+](=O)[O-])c1. The summed E-state index contributed by atoms with van der Waals surface area (Å²) in [5.74, 6) is -0.466. The number of nitro benzene ring substituents is 1. The van der Waals surface area contributed by atoms with Crippen LogP contribution in [0.2, 0.25) is 0 Å². The first-order valence-corrected chi connectivity index (χ1v) is 7.11. The second kappa shape index (κ2) is 7.06. The minimum atomic E-state index is -0.547. The zero-order valence-electron chi connectivity index (χ0n) is 13.0. The van der Waals surface area contributed by atoms with Crippen molar-refractivity contribution in [1.29, 1.82) is 0 Å². The molecular formula is C16H19FN4O2. The highest BCUT2D eigenvalue weighted by molar-refractivity contribution is 5.82. The van der Waals surface area contributed by atoms with E-state index in [-0.39, 0.29) is 11.4 Å². The molecule has 6 nitrogen and oxygen atoms in total. The van der Waals surface area contributed by atoms with Gasteiger partial charge in [-0.1, -0.05) is 6.07 Å². The Kier molecular flexibility index (Phi) is 5.13. The van der Waals surface area contributed by atoms with E-state index in [4.69, 9.17) is 5.73 Å². The van der Waals surface area contributed by atoms with Gasteiger partial charge in [0.1, 0.15) is 11.5 Å². The fourth-order valence-electron chi connectivity index (χ4n) is 2.27. The molecule has 2 aromatic rings. The van der Waals surface area contributed by atoms with E-state index in [0.29, 0.717) is 23.4 Å². The molecule has 0 spiro atoms. The molecule has 2 aromatic carbocycles. The molecule has 122 valence electrons. The summed E-state index contributed by atoms with van der Waals surface area (Å²) in [6.07, 6.45) is 0. The van der Waals surface area contributed by atoms with Gasteiger partial charge in [-0.05, 0) is 50.0 Å². The highest BCUT2D eigenvalue weighted by Crippen LogP contribution is 2.35. The van der Waals surface area contributed by atoms with E-state index in [9.17, 15) is 14.5 Å². The standard InChI is InChI=1S/C16H19FN4O2/c1-20(2)7-6-19-13-9-11(8-12(17)10-13)14-4-3-5-15(18)16(14)21(22)23/h3-5,8-10,19H,6-7,18H2,1-2H3. The zero-order chi connectivity index (χ0) is 17.0. The van der Waals surface area contributed by atoms with Crippen molar-refractivity contribution in [3.8, 4) is 11.1 Å². The van der Waals surface area contributed by atoms with Gasteiger partial charge in [-0.15, -0.1) is 0 Å². The summed E-state index contributed by atoms with van der Waals surface area (Å²) in [6.45, 7) is 1.42. The van der Waals surface area contributed by atoms with Crippen LogP contribution in [0.25, 0.3) is 11.1 Å². The van der Waals surface area contributed by atoms with Gasteiger partial charge in [-0.2, -0.15) is 0 Å². The summed E-state index contributed by atoms with van der Waals surface area (Å²) in [6, 6.07) is 8.93. The molecule has 0 saturated carbocycles. The Hall–Kier alpha value is -2.67. The average Bonchev–Trinajstić information content (AvgIpc) is 2.45. The molecule has 23 heavy (non-hydrogen) atoms. The quantitative estimate of drug-likeness (QED) is 0.486. The van der Waals surface area contributed by atoms with E-state index in [1.807, 2.05) is 19.0 Å². The summed E-state index contributed by atoms with van der Waals surface area (Å²) in [7, 11) is 3.88. The summed E-state index contributed by atoms with van der Waals surface area (Å²) >= 11 is 0. The maximum absolute atomic E-state index is 13.9. The van der Waals surface area contributed by atoms with Crippen LogP contribution in [-0.4, -0.2) is 37.0 Å². The van der Waals surface area contributed by atoms with Crippen LogP contribution in [0.15, 0.2) is 36.4 Å². The van der Waals surface area contributed by atoms with Crippen molar-refractivity contribution >= 4 is 17.1 Å². The van der Waals surface area contributed by atoms with E-state index in [1.165, 1.54) is 18.2 Å². The van der Waals surface area contributed by atoms with Crippen LogP contribution >= 0.6 is 0 Å². The number of anilines is 2. The van der Waals surface area contributed by atoms with E-state index in [0.717, 1.165) is 6.54 Å². The number of hydrogen-bond donors (Lipinski definition) is 2. The van der Waals surface area contributed by atoms with Crippen LogP contribution in [0, 0.1) is 15.9 Å². The van der Waals surface area contributed by atoms with Crippen molar-refractivity contribution in [2.45, 2.75) is 0 Å². The molecular weight excluding hydrogens is 299 g/mol. The molecule has 0 aliphatic heterocycles. The second-order valence-corrected chi connectivity index (χ2v) is 5.46. The molecule has 3 N–H and O–H groups in total. The molecule has 0 unspecified atom stereocenters. The van der Waals surface area contributed by atoms with Gasteiger partial charge in [-0.25, -0.2) is 4.39 Å². The van der Waals surface area contributed by atoms with Crippen LogP contribution in [-0.2, 0) is 0 Å². The van der Waals surface area contributed by atoms with Crippen LogP contribution in [0.1, 0.15) is 0 Å². The van der Waals surface area contributed by atoms with Gasteiger partial charge in [-0.3, -0.25) is 10.1 Å². The number of nitrogens with one attached hydrogen (secondary N) is 1. The third-order valence-corrected chi connectivity index (χ3v) is 3.35. The molecule has 0 aromatic heterocycles. The summed E-state index contributed by atoms with van der Waals surface area (Å²) in [4.78, 5) is 12.7. The third-order valence-electron chi connectivity index (χ3n) is 3.35. The highest BCUT2D eigenvalue weighted by atomic mass is 19.1. The normalized spacial score (nSPS) is 10.8. The van der Waals surface area contributed by atoms with Gasteiger partial charge in [0.2, 0.25) is 0 Å². The average molecular weight is 318 g/mol. The fraction of sp³-hybridized carbons (Fsp3) is 0.250. The number of nitro groups is 1. The summed E-state index contributed by atoms with van der Waals surface area (Å²) in [5.41, 5.74) is 6.81. The van der Waals surface area contributed by atoms with Gasteiger partial charge in [0, 0.05) is 18.8 Å². The predicted octanol–water partition coefficient (Wildman–Crippen LogP) is 2.96. The number of halogens is 1. The molecule has 0 atom stereocenters. The number of nitrogens with two attached hydrogens (primary N) is 1. The molecule has 0 saturated heterocycles. The summed E-state index contributed by atoms with van der Waals surface area (Å²) < 4.78 is 13.9. The van der Waals surface area contributed by atoms with Crippen molar-refractivity contribution in [3.05, 3.63) is 52.3 Å². The number of rotatable bonds is 6. The Morgan fingerprint density at radius 3 is 2.70 bits per heavy atom. The number of nitrogen functional groups attached to an aromatic ring is 1. The number of nitrogens with zero attached hydrogens (tertiary/aromatic N) is 2. The van der Waals surface area contributed by atoms with Crippen molar-refractivity contribution in [2.24, 2.45) is 0 Å². The Morgan fingerprint density at radius 1 is 1.30 bits per heavy atom. The lowest BCUT2D eigenvalue weighted by atomic mass is 10.0. The molecule has 0 fully saturated rings. The number of benzene rings is 2. The maximum atomic E-state index is 13.9. The Bertz CT molecular complexity index is 719. The highest BCUT2D eigenvalue weighted by Gasteiger charge is 2.19. The van der Waals surface area contributed by atoms with E-state index >= 15 is 0 Å². The summed E-state index contributed by atoms with van der Waals surface area (Å²) in [5, 5.41) is 14.4. The van der Waals surface area contributed by atoms with Gasteiger partial charge in [0.15, 0.2) is 0 Å². The smallest absolute Gasteiger partial charge is 0.299 e.